The Bertz CT molecular complexity index is 1060. The molecule has 3 rings (SSSR count). The van der Waals surface area contributed by atoms with Gasteiger partial charge in [0.15, 0.2) is 0 Å². The molecule has 0 aromatic heterocycles. The van der Waals surface area contributed by atoms with Crippen molar-refractivity contribution in [2.45, 2.75) is 89.0 Å². The summed E-state index contributed by atoms with van der Waals surface area (Å²) in [5.74, 6) is -1.37. The van der Waals surface area contributed by atoms with Crippen molar-refractivity contribution in [1.29, 1.82) is 0 Å². The van der Waals surface area contributed by atoms with Gasteiger partial charge in [-0.3, -0.25) is 14.4 Å². The molecular weight excluding hydrogens is 564 g/mol. The number of alkyl carbamates (subject to hydrolysis) is 1. The van der Waals surface area contributed by atoms with Gasteiger partial charge in [-0.1, -0.05) is 38.2 Å². The van der Waals surface area contributed by atoms with Crippen molar-refractivity contribution in [3.8, 4) is 5.75 Å². The minimum absolute atomic E-state index is 0.0340. The lowest BCUT2D eigenvalue weighted by Crippen LogP contribution is -2.40. The Morgan fingerprint density at radius 1 is 0.977 bits per heavy atom. The Hall–Kier alpha value is -3.46. The minimum Gasteiger partial charge on any atom is -0.464 e. The van der Waals surface area contributed by atoms with Crippen molar-refractivity contribution in [3.63, 3.8) is 0 Å². The number of ether oxygens (including phenoxy) is 4. The summed E-state index contributed by atoms with van der Waals surface area (Å²) in [6, 6.07) is 4.55. The maximum Gasteiger partial charge on any atom is 0.407 e. The van der Waals surface area contributed by atoms with Gasteiger partial charge in [-0.2, -0.15) is 0 Å². The summed E-state index contributed by atoms with van der Waals surface area (Å²) in [4.78, 5) is 48.1. The molecule has 1 aliphatic heterocycles. The van der Waals surface area contributed by atoms with Crippen LogP contribution in [0.2, 0.25) is 0 Å². The van der Waals surface area contributed by atoms with E-state index in [4.69, 9.17) is 24.7 Å². The van der Waals surface area contributed by atoms with Crippen molar-refractivity contribution in [2.75, 3.05) is 32.8 Å². The van der Waals surface area contributed by atoms with E-state index in [1.54, 1.807) is 6.07 Å². The standard InChI is InChI=1S/C29H44N4O10/c30-25(36)15-33-29(39)41-17-19-8-9-24(43-27-14-20(35)13-22(16-34)42-27)23(12-19)28(38)32-11-10-31-26(37)18-40-21-6-4-2-1-3-5-7-21/h8-9,12,20-22,27,34-35H,1-7,10-11,13-18H2,(H2,30,36)(H,31,37)(H,32,38)(H,33,39). The number of primary amides is 1. The molecule has 7 N–H and O–H groups in total. The van der Waals surface area contributed by atoms with Crippen LogP contribution in [0, 0.1) is 0 Å². The number of aliphatic hydroxyl groups excluding tert-OH is 2. The molecule has 0 bridgehead atoms. The summed E-state index contributed by atoms with van der Waals surface area (Å²) in [5, 5.41) is 27.3. The quantitative estimate of drug-likeness (QED) is 0.162. The zero-order chi connectivity index (χ0) is 31.0. The Labute approximate surface area is 250 Å². The van der Waals surface area contributed by atoms with E-state index in [0.29, 0.717) is 5.56 Å². The van der Waals surface area contributed by atoms with Gasteiger partial charge in [0, 0.05) is 25.9 Å². The summed E-state index contributed by atoms with van der Waals surface area (Å²) in [6.45, 7) is -0.635. The fourth-order valence-corrected chi connectivity index (χ4v) is 4.89. The number of hydrogen-bond acceptors (Lipinski definition) is 10. The Morgan fingerprint density at radius 2 is 1.70 bits per heavy atom. The topological polar surface area (TPSA) is 208 Å². The lowest BCUT2D eigenvalue weighted by atomic mass is 9.99. The molecule has 1 aromatic carbocycles. The van der Waals surface area contributed by atoms with Crippen LogP contribution in [0.4, 0.5) is 4.79 Å². The van der Waals surface area contributed by atoms with Gasteiger partial charge in [0.2, 0.25) is 18.1 Å². The third-order valence-electron chi connectivity index (χ3n) is 7.11. The van der Waals surface area contributed by atoms with Crippen LogP contribution >= 0.6 is 0 Å². The van der Waals surface area contributed by atoms with Gasteiger partial charge < -0.3 is 50.8 Å². The number of aliphatic hydroxyl groups is 2. The predicted octanol–water partition coefficient (Wildman–Crippen LogP) is 0.611. The molecule has 1 saturated heterocycles. The highest BCUT2D eigenvalue weighted by Gasteiger charge is 2.30. The second-order valence-electron chi connectivity index (χ2n) is 10.7. The van der Waals surface area contributed by atoms with Crippen molar-refractivity contribution >= 4 is 23.8 Å². The van der Waals surface area contributed by atoms with Crippen LogP contribution < -0.4 is 26.4 Å². The van der Waals surface area contributed by atoms with E-state index in [0.717, 1.165) is 25.7 Å². The number of amides is 4. The van der Waals surface area contributed by atoms with Crippen LogP contribution in [0.3, 0.4) is 0 Å². The summed E-state index contributed by atoms with van der Waals surface area (Å²) < 4.78 is 22.4. The molecule has 2 fully saturated rings. The molecule has 0 spiro atoms. The number of rotatable bonds is 14. The summed E-state index contributed by atoms with van der Waals surface area (Å²) in [5.41, 5.74) is 5.55. The normalized spacial score (nSPS) is 21.1. The van der Waals surface area contributed by atoms with Gasteiger partial charge in [-0.25, -0.2) is 4.79 Å². The van der Waals surface area contributed by atoms with E-state index in [9.17, 15) is 29.4 Å². The first kappa shape index (κ1) is 34.0. The monoisotopic (exact) mass is 608 g/mol. The number of benzene rings is 1. The number of nitrogens with one attached hydrogen (secondary N) is 3. The van der Waals surface area contributed by atoms with Crippen molar-refractivity contribution < 1.29 is 48.3 Å². The van der Waals surface area contributed by atoms with E-state index in [1.165, 1.54) is 31.4 Å². The Morgan fingerprint density at radius 3 is 2.42 bits per heavy atom. The Kier molecular flexibility index (Phi) is 14.5. The smallest absolute Gasteiger partial charge is 0.407 e. The molecule has 240 valence electrons. The molecule has 1 heterocycles. The van der Waals surface area contributed by atoms with Gasteiger partial charge in [-0.15, -0.1) is 0 Å². The molecule has 4 amide bonds. The molecule has 3 unspecified atom stereocenters. The molecule has 43 heavy (non-hydrogen) atoms. The van der Waals surface area contributed by atoms with Crippen molar-refractivity contribution in [1.82, 2.24) is 16.0 Å². The zero-order valence-electron chi connectivity index (χ0n) is 24.4. The van der Waals surface area contributed by atoms with E-state index in [2.05, 4.69) is 16.0 Å². The molecule has 14 heteroatoms. The number of carbonyl (C=O) groups excluding carboxylic acids is 4. The van der Waals surface area contributed by atoms with Crippen LogP contribution in [0.5, 0.6) is 5.75 Å². The number of hydrogen-bond donors (Lipinski definition) is 6. The molecule has 0 radical (unpaired) electrons. The summed E-state index contributed by atoms with van der Waals surface area (Å²) in [6.07, 6.45) is 5.12. The van der Waals surface area contributed by atoms with Crippen LogP contribution in [0.15, 0.2) is 18.2 Å². The second kappa shape index (κ2) is 18.3. The highest BCUT2D eigenvalue weighted by Crippen LogP contribution is 2.27. The van der Waals surface area contributed by atoms with Crippen LogP contribution in [0.1, 0.15) is 73.7 Å². The molecule has 14 nitrogen and oxygen atoms in total. The third kappa shape index (κ3) is 12.7. The maximum absolute atomic E-state index is 13.2. The van der Waals surface area contributed by atoms with Crippen molar-refractivity contribution in [2.24, 2.45) is 5.73 Å². The molecule has 1 aromatic rings. The average molecular weight is 609 g/mol. The maximum atomic E-state index is 13.2. The predicted molar refractivity (Wildman–Crippen MR) is 153 cm³/mol. The highest BCUT2D eigenvalue weighted by atomic mass is 16.7. The first-order chi connectivity index (χ1) is 20.7. The lowest BCUT2D eigenvalue weighted by Gasteiger charge is -2.32. The van der Waals surface area contributed by atoms with E-state index < -0.39 is 36.4 Å². The van der Waals surface area contributed by atoms with E-state index in [-0.39, 0.29) is 75.6 Å². The molecule has 2 aliphatic rings. The second-order valence-corrected chi connectivity index (χ2v) is 10.7. The number of nitrogens with two attached hydrogens (primary N) is 1. The summed E-state index contributed by atoms with van der Waals surface area (Å²) >= 11 is 0. The SMILES string of the molecule is NC(=O)CNC(=O)OCc1ccc(OC2CC(O)CC(CO)O2)c(C(=O)NCCNC(=O)COC2CCCCCCC2)c1. The molecule has 1 saturated carbocycles. The summed E-state index contributed by atoms with van der Waals surface area (Å²) in [7, 11) is 0. The third-order valence-corrected chi connectivity index (χ3v) is 7.11. The number of carbonyl (C=O) groups is 4. The fraction of sp³-hybridized carbons (Fsp3) is 0.655. The fourth-order valence-electron chi connectivity index (χ4n) is 4.89. The van der Waals surface area contributed by atoms with Crippen molar-refractivity contribution in [3.05, 3.63) is 29.3 Å². The van der Waals surface area contributed by atoms with Gasteiger partial charge in [0.1, 0.15) is 19.0 Å². The largest absolute Gasteiger partial charge is 0.464 e. The van der Waals surface area contributed by atoms with E-state index in [1.807, 2.05) is 0 Å². The average Bonchev–Trinajstić information content (AvgIpc) is 2.96. The minimum atomic E-state index is -0.911. The zero-order valence-corrected chi connectivity index (χ0v) is 24.4. The van der Waals surface area contributed by atoms with Gasteiger partial charge >= 0.3 is 6.09 Å². The first-order valence-electron chi connectivity index (χ1n) is 14.8. The van der Waals surface area contributed by atoms with Crippen LogP contribution in [-0.4, -0.2) is 91.5 Å². The molecular formula is C29H44N4O10. The van der Waals surface area contributed by atoms with Gasteiger partial charge in [0.05, 0.1) is 37.0 Å². The van der Waals surface area contributed by atoms with Gasteiger partial charge in [-0.05, 0) is 30.5 Å². The lowest BCUT2D eigenvalue weighted by molar-refractivity contribution is -0.184. The highest BCUT2D eigenvalue weighted by molar-refractivity contribution is 5.97. The van der Waals surface area contributed by atoms with Gasteiger partial charge in [0.25, 0.3) is 5.91 Å². The molecule has 1 aliphatic carbocycles. The molecule has 3 atom stereocenters. The Balaban J connectivity index is 1.55. The van der Waals surface area contributed by atoms with E-state index >= 15 is 0 Å². The van der Waals surface area contributed by atoms with Crippen LogP contribution in [-0.2, 0) is 30.4 Å². The van der Waals surface area contributed by atoms with Crippen LogP contribution in [0.25, 0.3) is 0 Å². The first-order valence-corrected chi connectivity index (χ1v) is 14.8.